The Morgan fingerprint density at radius 2 is 1.89 bits per heavy atom. The van der Waals surface area contributed by atoms with Gasteiger partial charge in [0.25, 0.3) is 0 Å². The zero-order valence-electron chi connectivity index (χ0n) is 5.88. The molecule has 0 aliphatic heterocycles. The van der Waals surface area contributed by atoms with Gasteiger partial charge in [-0.15, -0.1) is 0 Å². The minimum absolute atomic E-state index is 0.300. The smallest absolute Gasteiger partial charge is 0.0541 e. The molecule has 0 aromatic heterocycles. The van der Waals surface area contributed by atoms with Crippen LogP contribution in [-0.4, -0.2) is 22.4 Å². The molecule has 0 heterocycles. The molecule has 0 spiro atoms. The summed E-state index contributed by atoms with van der Waals surface area (Å²) in [6.07, 6.45) is 1.22. The van der Waals surface area contributed by atoms with Crippen LogP contribution in [0.25, 0.3) is 0 Å². The van der Waals surface area contributed by atoms with E-state index < -0.39 is 0 Å². The molecular weight excluding hydrogens is 116 g/mol. The fraction of sp³-hybridized carbons (Fsp3) is 0.857. The summed E-state index contributed by atoms with van der Waals surface area (Å²) in [7, 11) is 0. The molecule has 0 saturated carbocycles. The summed E-state index contributed by atoms with van der Waals surface area (Å²) in [5.41, 5.74) is 0. The first-order valence-electron chi connectivity index (χ1n) is 3.32. The SMILES string of the molecule is [CH2]CC(O)CCC(C)O. The van der Waals surface area contributed by atoms with Crippen molar-refractivity contribution in [2.24, 2.45) is 0 Å². The lowest BCUT2D eigenvalue weighted by atomic mass is 10.1. The maximum atomic E-state index is 8.93. The average molecular weight is 131 g/mol. The highest BCUT2D eigenvalue weighted by molar-refractivity contribution is 4.58. The molecule has 2 nitrogen and oxygen atoms in total. The lowest BCUT2D eigenvalue weighted by molar-refractivity contribution is 0.124. The van der Waals surface area contributed by atoms with E-state index in [4.69, 9.17) is 10.2 Å². The van der Waals surface area contributed by atoms with Gasteiger partial charge in [0.1, 0.15) is 0 Å². The Bertz CT molecular complexity index is 61.9. The van der Waals surface area contributed by atoms with Crippen LogP contribution in [0.2, 0.25) is 0 Å². The van der Waals surface area contributed by atoms with Crippen LogP contribution in [0.15, 0.2) is 0 Å². The molecule has 0 bridgehead atoms. The van der Waals surface area contributed by atoms with E-state index in [9.17, 15) is 0 Å². The van der Waals surface area contributed by atoms with Gasteiger partial charge in [0, 0.05) is 0 Å². The number of hydrogen-bond acceptors (Lipinski definition) is 2. The Hall–Kier alpha value is -0.0800. The summed E-state index contributed by atoms with van der Waals surface area (Å²) in [5, 5.41) is 17.7. The molecular formula is C7H15O2. The molecule has 0 aromatic rings. The second kappa shape index (κ2) is 4.77. The normalized spacial score (nSPS) is 17.3. The van der Waals surface area contributed by atoms with E-state index in [0.29, 0.717) is 19.3 Å². The van der Waals surface area contributed by atoms with Crippen molar-refractivity contribution >= 4 is 0 Å². The monoisotopic (exact) mass is 131 g/mol. The van der Waals surface area contributed by atoms with Gasteiger partial charge in [-0.2, -0.15) is 0 Å². The highest BCUT2D eigenvalue weighted by Gasteiger charge is 2.02. The van der Waals surface area contributed by atoms with Crippen LogP contribution in [0.4, 0.5) is 0 Å². The van der Waals surface area contributed by atoms with Crippen LogP contribution in [0.1, 0.15) is 26.2 Å². The van der Waals surface area contributed by atoms with Gasteiger partial charge in [-0.05, 0) is 26.2 Å². The van der Waals surface area contributed by atoms with Crippen molar-refractivity contribution in [1.82, 2.24) is 0 Å². The van der Waals surface area contributed by atoms with Crippen molar-refractivity contribution in [2.75, 3.05) is 0 Å². The number of hydrogen-bond donors (Lipinski definition) is 2. The van der Waals surface area contributed by atoms with Gasteiger partial charge in [-0.25, -0.2) is 0 Å². The van der Waals surface area contributed by atoms with Gasteiger partial charge in [0.2, 0.25) is 0 Å². The van der Waals surface area contributed by atoms with Gasteiger partial charge < -0.3 is 10.2 Å². The van der Waals surface area contributed by atoms with Crippen LogP contribution in [0.3, 0.4) is 0 Å². The summed E-state index contributed by atoms with van der Waals surface area (Å²) >= 11 is 0. The average Bonchev–Trinajstić information content (AvgIpc) is 1.83. The van der Waals surface area contributed by atoms with Gasteiger partial charge >= 0.3 is 0 Å². The maximum absolute atomic E-state index is 8.93. The molecule has 55 valence electrons. The molecule has 0 saturated heterocycles. The minimum Gasteiger partial charge on any atom is -0.393 e. The van der Waals surface area contributed by atoms with Crippen molar-refractivity contribution in [2.45, 2.75) is 38.4 Å². The molecule has 0 fully saturated rings. The summed E-state index contributed by atoms with van der Waals surface area (Å²) in [6.45, 7) is 5.25. The van der Waals surface area contributed by atoms with Crippen LogP contribution in [0.5, 0.6) is 0 Å². The Labute approximate surface area is 56.5 Å². The van der Waals surface area contributed by atoms with E-state index >= 15 is 0 Å². The van der Waals surface area contributed by atoms with Crippen molar-refractivity contribution in [3.8, 4) is 0 Å². The Morgan fingerprint density at radius 1 is 1.33 bits per heavy atom. The third kappa shape index (κ3) is 5.80. The largest absolute Gasteiger partial charge is 0.393 e. The number of aliphatic hydroxyl groups excluding tert-OH is 2. The minimum atomic E-state index is -0.334. The fourth-order valence-electron chi connectivity index (χ4n) is 0.578. The Morgan fingerprint density at radius 3 is 2.22 bits per heavy atom. The summed E-state index contributed by atoms with van der Waals surface area (Å²) in [4.78, 5) is 0. The maximum Gasteiger partial charge on any atom is 0.0541 e. The second-order valence-corrected chi connectivity index (χ2v) is 2.37. The van der Waals surface area contributed by atoms with E-state index in [2.05, 4.69) is 6.92 Å². The molecule has 1 radical (unpaired) electrons. The Balaban J connectivity index is 3.06. The lowest BCUT2D eigenvalue weighted by Gasteiger charge is -2.07. The third-order valence-corrected chi connectivity index (χ3v) is 1.25. The second-order valence-electron chi connectivity index (χ2n) is 2.37. The summed E-state index contributed by atoms with van der Waals surface area (Å²) < 4.78 is 0. The number of aliphatic hydroxyl groups is 2. The molecule has 0 aromatic carbocycles. The fourth-order valence-corrected chi connectivity index (χ4v) is 0.578. The molecule has 0 aliphatic rings. The first-order valence-corrected chi connectivity index (χ1v) is 3.32. The molecule has 0 rings (SSSR count). The predicted octanol–water partition coefficient (Wildman–Crippen LogP) is 0.732. The Kier molecular flexibility index (Phi) is 4.72. The van der Waals surface area contributed by atoms with Gasteiger partial charge in [0.15, 0.2) is 0 Å². The topological polar surface area (TPSA) is 40.5 Å². The molecule has 9 heavy (non-hydrogen) atoms. The van der Waals surface area contributed by atoms with E-state index in [1.807, 2.05) is 0 Å². The molecule has 2 heteroatoms. The van der Waals surface area contributed by atoms with E-state index in [0.717, 1.165) is 0 Å². The van der Waals surface area contributed by atoms with Crippen molar-refractivity contribution in [3.63, 3.8) is 0 Å². The third-order valence-electron chi connectivity index (χ3n) is 1.25. The summed E-state index contributed by atoms with van der Waals surface area (Å²) in [6, 6.07) is 0. The molecule has 2 atom stereocenters. The van der Waals surface area contributed by atoms with Crippen LogP contribution in [0, 0.1) is 6.92 Å². The standard InChI is InChI=1S/C7H15O2/c1-3-7(9)5-4-6(2)8/h6-9H,1,3-5H2,2H3. The van der Waals surface area contributed by atoms with Crippen LogP contribution >= 0.6 is 0 Å². The van der Waals surface area contributed by atoms with Crippen molar-refractivity contribution in [3.05, 3.63) is 6.92 Å². The van der Waals surface area contributed by atoms with Crippen LogP contribution in [-0.2, 0) is 0 Å². The first-order chi connectivity index (χ1) is 4.16. The van der Waals surface area contributed by atoms with Gasteiger partial charge in [0.05, 0.1) is 12.2 Å². The molecule has 0 amide bonds. The lowest BCUT2D eigenvalue weighted by Crippen LogP contribution is -2.09. The van der Waals surface area contributed by atoms with Crippen molar-refractivity contribution in [1.29, 1.82) is 0 Å². The molecule has 2 N–H and O–H groups in total. The van der Waals surface area contributed by atoms with E-state index in [-0.39, 0.29) is 12.2 Å². The zero-order chi connectivity index (χ0) is 7.28. The zero-order valence-corrected chi connectivity index (χ0v) is 5.88. The van der Waals surface area contributed by atoms with Crippen molar-refractivity contribution < 1.29 is 10.2 Å². The molecule has 2 unspecified atom stereocenters. The predicted molar refractivity (Wildman–Crippen MR) is 36.9 cm³/mol. The quantitative estimate of drug-likeness (QED) is 0.590. The van der Waals surface area contributed by atoms with E-state index in [1.54, 1.807) is 6.92 Å². The highest BCUT2D eigenvalue weighted by Crippen LogP contribution is 2.02. The number of rotatable bonds is 4. The summed E-state index contributed by atoms with van der Waals surface area (Å²) in [5.74, 6) is 0. The van der Waals surface area contributed by atoms with Gasteiger partial charge in [-0.3, -0.25) is 0 Å². The highest BCUT2D eigenvalue weighted by atomic mass is 16.3. The molecule has 0 aliphatic carbocycles. The van der Waals surface area contributed by atoms with Crippen LogP contribution < -0.4 is 0 Å². The first kappa shape index (κ1) is 8.92. The van der Waals surface area contributed by atoms with E-state index in [1.165, 1.54) is 0 Å². The van der Waals surface area contributed by atoms with Gasteiger partial charge in [-0.1, -0.05) is 6.92 Å².